The lowest BCUT2D eigenvalue weighted by Gasteiger charge is -2.22. The van der Waals surface area contributed by atoms with Gasteiger partial charge in [-0.1, -0.05) is 13.8 Å². The average molecular weight is 283 g/mol. The maximum absolute atomic E-state index is 11.6. The number of nitrogen functional groups attached to an aromatic ring is 1. The van der Waals surface area contributed by atoms with E-state index in [1.54, 1.807) is 0 Å². The van der Waals surface area contributed by atoms with Crippen LogP contribution in [-0.2, 0) is 0 Å². The molecule has 0 aliphatic rings. The number of carbonyl (C=O) groups is 2. The molecule has 1 heterocycles. The number of rotatable bonds is 7. The number of Topliss-reactive ketones (excluding diaryl/α,β-unsaturated/α-hetero) is 1. The number of nitrogens with zero attached hydrogens (tertiary/aromatic N) is 1. The molecular weight excluding hydrogens is 262 g/mol. The molecule has 0 saturated heterocycles. The molecular formula is C13H21N3O2S. The normalized spacial score (nSPS) is 10.5. The molecule has 0 radical (unpaired) electrons. The third kappa shape index (κ3) is 3.26. The van der Waals surface area contributed by atoms with Crippen LogP contribution in [0.1, 0.15) is 53.6 Å². The van der Waals surface area contributed by atoms with E-state index in [9.17, 15) is 9.59 Å². The number of thiophene rings is 1. The number of hydrogen-bond acceptors (Lipinski definition) is 5. The Morgan fingerprint density at radius 1 is 1.21 bits per heavy atom. The number of hydrogen-bond donors (Lipinski definition) is 2. The maximum Gasteiger partial charge on any atom is 0.253 e. The van der Waals surface area contributed by atoms with Crippen molar-refractivity contribution in [2.75, 3.05) is 23.7 Å². The van der Waals surface area contributed by atoms with E-state index in [2.05, 4.69) is 18.7 Å². The van der Waals surface area contributed by atoms with Crippen molar-refractivity contribution in [2.45, 2.75) is 33.6 Å². The molecule has 1 aromatic rings. The van der Waals surface area contributed by atoms with Gasteiger partial charge in [-0.2, -0.15) is 0 Å². The summed E-state index contributed by atoms with van der Waals surface area (Å²) in [5.74, 6) is -0.711. The summed E-state index contributed by atoms with van der Waals surface area (Å²) >= 11 is 1.26. The summed E-state index contributed by atoms with van der Waals surface area (Å²) in [6, 6.07) is 0. The lowest BCUT2D eigenvalue weighted by atomic mass is 10.2. The van der Waals surface area contributed by atoms with Gasteiger partial charge in [-0.25, -0.2) is 0 Å². The molecule has 0 fully saturated rings. The van der Waals surface area contributed by atoms with E-state index in [0.717, 1.165) is 30.9 Å². The van der Waals surface area contributed by atoms with Gasteiger partial charge in [-0.15, -0.1) is 11.3 Å². The number of nitrogens with two attached hydrogens (primary N) is 2. The Labute approximate surface area is 117 Å². The zero-order valence-electron chi connectivity index (χ0n) is 11.7. The zero-order valence-corrected chi connectivity index (χ0v) is 12.5. The Kier molecular flexibility index (Phi) is 5.35. The summed E-state index contributed by atoms with van der Waals surface area (Å²) < 4.78 is 0. The van der Waals surface area contributed by atoms with E-state index < -0.39 is 5.91 Å². The predicted octanol–water partition coefficient (Wildman–Crippen LogP) is 2.26. The summed E-state index contributed by atoms with van der Waals surface area (Å²) in [5, 5.41) is 0.721. The lowest BCUT2D eigenvalue weighted by molar-refractivity contribution is 0.100. The van der Waals surface area contributed by atoms with Gasteiger partial charge in [-0.3, -0.25) is 9.59 Å². The highest BCUT2D eigenvalue weighted by Crippen LogP contribution is 2.38. The van der Waals surface area contributed by atoms with Crippen molar-refractivity contribution in [1.82, 2.24) is 0 Å². The smallest absolute Gasteiger partial charge is 0.253 e. The fourth-order valence-electron chi connectivity index (χ4n) is 2.01. The Balaban J connectivity index is 3.34. The minimum Gasteiger partial charge on any atom is -0.397 e. The van der Waals surface area contributed by atoms with Gasteiger partial charge in [0.1, 0.15) is 5.00 Å². The lowest BCUT2D eigenvalue weighted by Crippen LogP contribution is -2.27. The van der Waals surface area contributed by atoms with E-state index in [-0.39, 0.29) is 17.0 Å². The van der Waals surface area contributed by atoms with E-state index in [1.165, 1.54) is 18.3 Å². The third-order valence-corrected chi connectivity index (χ3v) is 4.13. The number of primary amides is 1. The minimum atomic E-state index is -0.576. The molecule has 6 heteroatoms. The topological polar surface area (TPSA) is 89.4 Å². The van der Waals surface area contributed by atoms with Crippen LogP contribution in [0.25, 0.3) is 0 Å². The molecule has 0 atom stereocenters. The maximum atomic E-state index is 11.6. The molecule has 1 amide bonds. The fourth-order valence-corrected chi connectivity index (χ4v) is 3.18. The van der Waals surface area contributed by atoms with Crippen LogP contribution in [0, 0.1) is 0 Å². The molecule has 0 unspecified atom stereocenters. The van der Waals surface area contributed by atoms with Gasteiger partial charge >= 0.3 is 0 Å². The third-order valence-electron chi connectivity index (χ3n) is 2.77. The van der Waals surface area contributed by atoms with Crippen LogP contribution in [0.3, 0.4) is 0 Å². The van der Waals surface area contributed by atoms with Crippen molar-refractivity contribution in [2.24, 2.45) is 5.73 Å². The highest BCUT2D eigenvalue weighted by Gasteiger charge is 2.25. The van der Waals surface area contributed by atoms with Gasteiger partial charge in [-0.05, 0) is 12.8 Å². The van der Waals surface area contributed by atoms with E-state index in [0.29, 0.717) is 4.88 Å². The Morgan fingerprint density at radius 3 is 2.11 bits per heavy atom. The summed E-state index contributed by atoms with van der Waals surface area (Å²) in [6.07, 6.45) is 1.90. The number of amides is 1. The fraction of sp³-hybridized carbons (Fsp3) is 0.538. The largest absolute Gasteiger partial charge is 0.397 e. The van der Waals surface area contributed by atoms with Crippen LogP contribution in [-0.4, -0.2) is 24.8 Å². The second-order valence-electron chi connectivity index (χ2n) is 4.43. The highest BCUT2D eigenvalue weighted by atomic mass is 32.1. The second kappa shape index (κ2) is 6.56. The number of ketones is 1. The van der Waals surface area contributed by atoms with Crippen LogP contribution in [0.2, 0.25) is 0 Å². The second-order valence-corrected chi connectivity index (χ2v) is 5.43. The van der Waals surface area contributed by atoms with Crippen molar-refractivity contribution >= 4 is 33.7 Å². The highest BCUT2D eigenvalue weighted by molar-refractivity contribution is 7.19. The van der Waals surface area contributed by atoms with Gasteiger partial charge in [0.2, 0.25) is 0 Å². The Hall–Kier alpha value is -1.56. The first-order chi connectivity index (χ1) is 8.93. The average Bonchev–Trinajstić information content (AvgIpc) is 2.66. The number of anilines is 2. The van der Waals surface area contributed by atoms with E-state index >= 15 is 0 Å². The van der Waals surface area contributed by atoms with Gasteiger partial charge < -0.3 is 16.4 Å². The first kappa shape index (κ1) is 15.5. The molecule has 106 valence electrons. The molecule has 0 bridgehead atoms. The van der Waals surface area contributed by atoms with Crippen LogP contribution in [0.5, 0.6) is 0 Å². The molecule has 0 aliphatic heterocycles. The van der Waals surface area contributed by atoms with Gasteiger partial charge in [0.25, 0.3) is 5.91 Å². The molecule has 1 aromatic heterocycles. The van der Waals surface area contributed by atoms with Crippen LogP contribution < -0.4 is 16.4 Å². The first-order valence-corrected chi connectivity index (χ1v) is 7.23. The summed E-state index contributed by atoms with van der Waals surface area (Å²) in [5.41, 5.74) is 11.8. The summed E-state index contributed by atoms with van der Waals surface area (Å²) in [4.78, 5) is 25.6. The zero-order chi connectivity index (χ0) is 14.6. The SMILES string of the molecule is CCCN(CCC)c1sc(C(C)=O)c(N)c1C(N)=O. The minimum absolute atomic E-state index is 0.135. The molecule has 0 saturated carbocycles. The van der Waals surface area contributed by atoms with Crippen molar-refractivity contribution in [3.05, 3.63) is 10.4 Å². The Bertz CT molecular complexity index is 476. The molecule has 0 aromatic carbocycles. The molecule has 19 heavy (non-hydrogen) atoms. The molecule has 1 rings (SSSR count). The predicted molar refractivity (Wildman–Crippen MR) is 80.0 cm³/mol. The summed E-state index contributed by atoms with van der Waals surface area (Å²) in [6.45, 7) is 7.20. The van der Waals surface area contributed by atoms with E-state index in [1.807, 2.05) is 0 Å². The molecule has 4 N–H and O–H groups in total. The van der Waals surface area contributed by atoms with Crippen molar-refractivity contribution in [1.29, 1.82) is 0 Å². The van der Waals surface area contributed by atoms with Gasteiger partial charge in [0.05, 0.1) is 16.1 Å². The van der Waals surface area contributed by atoms with Crippen molar-refractivity contribution in [3.63, 3.8) is 0 Å². The van der Waals surface area contributed by atoms with Crippen LogP contribution >= 0.6 is 11.3 Å². The van der Waals surface area contributed by atoms with Crippen molar-refractivity contribution in [3.8, 4) is 0 Å². The summed E-state index contributed by atoms with van der Waals surface area (Å²) in [7, 11) is 0. The van der Waals surface area contributed by atoms with Gasteiger partial charge in [0.15, 0.2) is 5.78 Å². The molecule has 5 nitrogen and oxygen atoms in total. The molecule has 0 spiro atoms. The Morgan fingerprint density at radius 2 is 1.74 bits per heavy atom. The number of carbonyl (C=O) groups excluding carboxylic acids is 2. The molecule has 0 aliphatic carbocycles. The quantitative estimate of drug-likeness (QED) is 0.751. The first-order valence-electron chi connectivity index (χ1n) is 6.41. The van der Waals surface area contributed by atoms with Crippen molar-refractivity contribution < 1.29 is 9.59 Å². The van der Waals surface area contributed by atoms with Gasteiger partial charge in [0, 0.05) is 20.0 Å². The monoisotopic (exact) mass is 283 g/mol. The van der Waals surface area contributed by atoms with E-state index in [4.69, 9.17) is 11.5 Å². The standard InChI is InChI=1S/C13H21N3O2S/c1-4-6-16(7-5-2)13-9(12(15)18)10(14)11(19-13)8(3)17/h4-7,14H2,1-3H3,(H2,15,18). The van der Waals surface area contributed by atoms with Crippen LogP contribution in [0.15, 0.2) is 0 Å². The van der Waals surface area contributed by atoms with Crippen LogP contribution in [0.4, 0.5) is 10.7 Å².